The van der Waals surface area contributed by atoms with Gasteiger partial charge < -0.3 is 0 Å². The first-order valence-corrected chi connectivity index (χ1v) is 5.01. The van der Waals surface area contributed by atoms with E-state index in [9.17, 15) is 4.39 Å². The molecule has 0 N–H and O–H groups in total. The van der Waals surface area contributed by atoms with Crippen molar-refractivity contribution in [1.29, 1.82) is 0 Å². The third-order valence-electron chi connectivity index (χ3n) is 2.54. The Morgan fingerprint density at radius 1 is 1.38 bits per heavy atom. The number of benzene rings is 1. The molecule has 16 heavy (non-hydrogen) atoms. The van der Waals surface area contributed by atoms with Gasteiger partial charge in [0.1, 0.15) is 5.82 Å². The first-order chi connectivity index (χ1) is 7.13. The predicted molar refractivity (Wildman–Crippen MR) is 68.3 cm³/mol. The van der Waals surface area contributed by atoms with E-state index in [4.69, 9.17) is 6.42 Å². The minimum atomic E-state index is -0.191. The van der Waals surface area contributed by atoms with Crippen molar-refractivity contribution in [2.45, 2.75) is 19.4 Å². The molecular weight excluding hydrogens is 225 g/mol. The van der Waals surface area contributed by atoms with Crippen LogP contribution >= 0.6 is 12.4 Å². The molecule has 0 saturated carbocycles. The van der Waals surface area contributed by atoms with Crippen molar-refractivity contribution in [2.24, 2.45) is 0 Å². The van der Waals surface area contributed by atoms with Gasteiger partial charge in [0, 0.05) is 6.04 Å². The lowest BCUT2D eigenvalue weighted by Gasteiger charge is -2.22. The number of terminal acetylenes is 1. The van der Waals surface area contributed by atoms with E-state index in [1.165, 1.54) is 12.1 Å². The Morgan fingerprint density at radius 2 is 1.94 bits per heavy atom. The summed E-state index contributed by atoms with van der Waals surface area (Å²) in [5.74, 6) is 2.42. The molecule has 3 heteroatoms. The normalized spacial score (nSPS) is 11.7. The fourth-order valence-corrected chi connectivity index (χ4v) is 1.42. The van der Waals surface area contributed by atoms with Crippen molar-refractivity contribution in [2.75, 3.05) is 13.6 Å². The molecule has 1 nitrogen and oxygen atoms in total. The smallest absolute Gasteiger partial charge is 0.123 e. The van der Waals surface area contributed by atoms with Crippen molar-refractivity contribution in [3.8, 4) is 12.3 Å². The van der Waals surface area contributed by atoms with Gasteiger partial charge in [-0.2, -0.15) is 0 Å². The molecule has 0 fully saturated rings. The number of likely N-dealkylation sites (N-methyl/N-ethyl adjacent to an activating group) is 1. The van der Waals surface area contributed by atoms with Crippen molar-refractivity contribution in [1.82, 2.24) is 4.90 Å². The molecule has 0 spiro atoms. The van der Waals surface area contributed by atoms with Crippen LogP contribution in [0.4, 0.5) is 4.39 Å². The van der Waals surface area contributed by atoms with E-state index < -0.39 is 0 Å². The SMILES string of the molecule is C#CCN(C)C(C)Cc1ccc(F)cc1.Cl. The van der Waals surface area contributed by atoms with Crippen molar-refractivity contribution in [3.63, 3.8) is 0 Å². The lowest BCUT2D eigenvalue weighted by atomic mass is 10.1. The first-order valence-electron chi connectivity index (χ1n) is 5.01. The first kappa shape index (κ1) is 15.0. The molecule has 1 unspecified atom stereocenters. The summed E-state index contributed by atoms with van der Waals surface area (Å²) in [5.41, 5.74) is 1.13. The zero-order valence-electron chi connectivity index (χ0n) is 9.61. The van der Waals surface area contributed by atoms with Gasteiger partial charge in [0.25, 0.3) is 0 Å². The van der Waals surface area contributed by atoms with Crippen molar-refractivity contribution in [3.05, 3.63) is 35.6 Å². The van der Waals surface area contributed by atoms with Crippen LogP contribution in [-0.4, -0.2) is 24.5 Å². The van der Waals surface area contributed by atoms with Crippen LogP contribution in [0.3, 0.4) is 0 Å². The molecule has 1 aromatic carbocycles. The molecule has 1 aromatic rings. The summed E-state index contributed by atoms with van der Waals surface area (Å²) in [7, 11) is 1.99. The maximum Gasteiger partial charge on any atom is 0.123 e. The highest BCUT2D eigenvalue weighted by Crippen LogP contribution is 2.08. The Balaban J connectivity index is 0.00000225. The van der Waals surface area contributed by atoms with Crippen molar-refractivity contribution < 1.29 is 4.39 Å². The molecule has 0 amide bonds. The molecule has 1 rings (SSSR count). The minimum Gasteiger partial charge on any atom is -0.292 e. The second-order valence-corrected chi connectivity index (χ2v) is 3.80. The van der Waals surface area contributed by atoms with Gasteiger partial charge >= 0.3 is 0 Å². The Hall–Kier alpha value is -1.04. The van der Waals surface area contributed by atoms with Gasteiger partial charge in [-0.05, 0) is 38.1 Å². The fourth-order valence-electron chi connectivity index (χ4n) is 1.42. The van der Waals surface area contributed by atoms with Crippen LogP contribution in [0.25, 0.3) is 0 Å². The Bertz CT molecular complexity index is 342. The predicted octanol–water partition coefficient (Wildman–Crippen LogP) is 2.74. The second kappa shape index (κ2) is 7.27. The summed E-state index contributed by atoms with van der Waals surface area (Å²) in [5, 5.41) is 0. The molecule has 0 aromatic heterocycles. The van der Waals surface area contributed by atoms with Gasteiger partial charge in [0.15, 0.2) is 0 Å². The van der Waals surface area contributed by atoms with E-state index in [0.717, 1.165) is 12.0 Å². The lowest BCUT2D eigenvalue weighted by Crippen LogP contribution is -2.31. The summed E-state index contributed by atoms with van der Waals surface area (Å²) in [6, 6.07) is 6.98. The van der Waals surface area contributed by atoms with Crippen LogP contribution in [0.2, 0.25) is 0 Å². The molecule has 0 radical (unpaired) electrons. The molecule has 0 aliphatic rings. The molecule has 0 bridgehead atoms. The lowest BCUT2D eigenvalue weighted by molar-refractivity contribution is 0.287. The van der Waals surface area contributed by atoms with E-state index in [1.807, 2.05) is 19.2 Å². The van der Waals surface area contributed by atoms with E-state index in [-0.39, 0.29) is 18.2 Å². The largest absolute Gasteiger partial charge is 0.292 e. The summed E-state index contributed by atoms with van der Waals surface area (Å²) >= 11 is 0. The summed E-state index contributed by atoms with van der Waals surface area (Å²) < 4.78 is 12.7. The number of hydrogen-bond donors (Lipinski definition) is 0. The third kappa shape index (κ3) is 4.65. The zero-order valence-corrected chi connectivity index (χ0v) is 10.4. The summed E-state index contributed by atoms with van der Waals surface area (Å²) in [6.07, 6.45) is 6.13. The number of rotatable bonds is 4. The van der Waals surface area contributed by atoms with Gasteiger partial charge in [-0.3, -0.25) is 4.90 Å². The monoisotopic (exact) mass is 241 g/mol. The van der Waals surface area contributed by atoms with E-state index in [2.05, 4.69) is 17.7 Å². The maximum absolute atomic E-state index is 12.7. The summed E-state index contributed by atoms with van der Waals surface area (Å²) in [4.78, 5) is 2.10. The number of halogens is 2. The molecule has 1 atom stereocenters. The van der Waals surface area contributed by atoms with Gasteiger partial charge in [-0.1, -0.05) is 18.1 Å². The van der Waals surface area contributed by atoms with E-state index in [1.54, 1.807) is 0 Å². The third-order valence-corrected chi connectivity index (χ3v) is 2.54. The summed E-state index contributed by atoms with van der Waals surface area (Å²) in [6.45, 7) is 2.75. The van der Waals surface area contributed by atoms with Crippen molar-refractivity contribution >= 4 is 12.4 Å². The van der Waals surface area contributed by atoms with Crippen LogP contribution in [0.5, 0.6) is 0 Å². The van der Waals surface area contributed by atoms with Crippen LogP contribution in [0, 0.1) is 18.2 Å². The van der Waals surface area contributed by atoms with Crippen LogP contribution in [0.15, 0.2) is 24.3 Å². The molecule has 0 aliphatic carbocycles. The quantitative estimate of drug-likeness (QED) is 0.733. The highest BCUT2D eigenvalue weighted by molar-refractivity contribution is 5.85. The number of hydrogen-bond acceptors (Lipinski definition) is 1. The molecular formula is C13H17ClFN. The van der Waals surface area contributed by atoms with Crippen LogP contribution in [0.1, 0.15) is 12.5 Å². The Morgan fingerprint density at radius 3 is 2.44 bits per heavy atom. The van der Waals surface area contributed by atoms with E-state index in [0.29, 0.717) is 12.6 Å². The average Bonchev–Trinajstić information content (AvgIpc) is 2.22. The topological polar surface area (TPSA) is 3.24 Å². The zero-order chi connectivity index (χ0) is 11.3. The van der Waals surface area contributed by atoms with E-state index >= 15 is 0 Å². The van der Waals surface area contributed by atoms with Gasteiger partial charge in [-0.15, -0.1) is 18.8 Å². The standard InChI is InChI=1S/C13H16FN.ClH/c1-4-9-15(3)11(2)10-12-5-7-13(14)8-6-12;/h1,5-8,11H,9-10H2,2-3H3;1H. The molecule has 88 valence electrons. The average molecular weight is 242 g/mol. The van der Waals surface area contributed by atoms with Crippen LogP contribution in [-0.2, 0) is 6.42 Å². The Labute approximate surface area is 103 Å². The highest BCUT2D eigenvalue weighted by Gasteiger charge is 2.08. The molecule has 0 aliphatic heterocycles. The number of nitrogens with zero attached hydrogens (tertiary/aromatic N) is 1. The maximum atomic E-state index is 12.7. The molecule has 0 heterocycles. The van der Waals surface area contributed by atoms with Crippen LogP contribution < -0.4 is 0 Å². The van der Waals surface area contributed by atoms with Gasteiger partial charge in [0.05, 0.1) is 6.54 Å². The minimum absolute atomic E-state index is 0. The van der Waals surface area contributed by atoms with Gasteiger partial charge in [-0.25, -0.2) is 4.39 Å². The fraction of sp³-hybridized carbons (Fsp3) is 0.385. The van der Waals surface area contributed by atoms with Gasteiger partial charge in [0.2, 0.25) is 0 Å². The molecule has 0 saturated heterocycles. The highest BCUT2D eigenvalue weighted by atomic mass is 35.5. The Kier molecular flexibility index (Phi) is 6.80. The second-order valence-electron chi connectivity index (χ2n) is 3.80.